The number of nitrogens with zero attached hydrogens (tertiary/aromatic N) is 2. The van der Waals surface area contributed by atoms with Gasteiger partial charge in [0.15, 0.2) is 0 Å². The van der Waals surface area contributed by atoms with Gasteiger partial charge in [-0.1, -0.05) is 6.92 Å². The third kappa shape index (κ3) is 2.21. The van der Waals surface area contributed by atoms with Gasteiger partial charge in [-0.3, -0.25) is 5.10 Å². The Morgan fingerprint density at radius 1 is 1.39 bits per heavy atom. The molecule has 0 spiro atoms. The van der Waals surface area contributed by atoms with Crippen molar-refractivity contribution in [1.82, 2.24) is 15.1 Å². The van der Waals surface area contributed by atoms with Gasteiger partial charge < -0.3 is 4.90 Å². The molecule has 1 N–H and O–H groups in total. The highest BCUT2D eigenvalue weighted by molar-refractivity contribution is 7.98. The number of aromatic nitrogens is 2. The van der Waals surface area contributed by atoms with Crippen LogP contribution >= 0.6 is 11.8 Å². The summed E-state index contributed by atoms with van der Waals surface area (Å²) < 4.78 is 0. The van der Waals surface area contributed by atoms with Crippen LogP contribution in [0.3, 0.4) is 0 Å². The molecule has 3 rings (SSSR count). The Morgan fingerprint density at radius 3 is 3.06 bits per heavy atom. The lowest BCUT2D eigenvalue weighted by Gasteiger charge is -2.41. The molecule has 1 aromatic rings. The highest BCUT2D eigenvalue weighted by Crippen LogP contribution is 2.37. The van der Waals surface area contributed by atoms with E-state index in [0.29, 0.717) is 0 Å². The van der Waals surface area contributed by atoms with Crippen LogP contribution in [0.15, 0.2) is 5.03 Å². The first-order valence-corrected chi connectivity index (χ1v) is 8.36. The molecule has 0 amide bonds. The fourth-order valence-corrected chi connectivity index (χ4v) is 4.22. The Morgan fingerprint density at radius 2 is 2.28 bits per heavy atom. The minimum atomic E-state index is 0.862. The summed E-state index contributed by atoms with van der Waals surface area (Å²) in [6.45, 7) is 6.16. The Kier molecular flexibility index (Phi) is 3.66. The lowest BCUT2D eigenvalue weighted by atomic mass is 9.74. The normalized spacial score (nSPS) is 27.9. The second-order valence-corrected chi connectivity index (χ2v) is 6.50. The minimum Gasteiger partial charge on any atom is -0.303 e. The smallest absolute Gasteiger partial charge is 0.121 e. The van der Waals surface area contributed by atoms with Crippen LogP contribution < -0.4 is 0 Å². The Bertz CT molecular complexity index is 415. The fraction of sp³-hybridized carbons (Fsp3) is 0.786. The van der Waals surface area contributed by atoms with Gasteiger partial charge in [-0.05, 0) is 56.9 Å². The maximum Gasteiger partial charge on any atom is 0.121 e. The number of H-pyrrole nitrogens is 1. The summed E-state index contributed by atoms with van der Waals surface area (Å²) in [7, 11) is 0. The summed E-state index contributed by atoms with van der Waals surface area (Å²) in [6.07, 6.45) is 7.26. The molecule has 1 saturated heterocycles. The number of hydrogen-bond donors (Lipinski definition) is 1. The number of hydrogen-bond acceptors (Lipinski definition) is 3. The molecule has 0 bridgehead atoms. The van der Waals surface area contributed by atoms with Gasteiger partial charge in [-0.25, -0.2) is 0 Å². The van der Waals surface area contributed by atoms with Crippen LogP contribution in [0, 0.1) is 11.8 Å². The first-order valence-electron chi connectivity index (χ1n) is 7.14. The van der Waals surface area contributed by atoms with Gasteiger partial charge >= 0.3 is 0 Å². The standard InChI is InChI=1S/C14H23N3S/c1-3-5-17-6-4-10-8-13-12(7-11(10)9-17)14(18-2)16-15-13/h10-11H,3-9H2,1-2H3,(H,15,16)/t10-,11+/m1/s1. The third-order valence-electron chi connectivity index (χ3n) is 4.56. The molecule has 0 unspecified atom stereocenters. The number of piperidine rings is 1. The van der Waals surface area contributed by atoms with E-state index in [1.54, 1.807) is 11.8 Å². The second-order valence-electron chi connectivity index (χ2n) is 5.71. The van der Waals surface area contributed by atoms with Gasteiger partial charge in [-0.15, -0.1) is 11.8 Å². The van der Waals surface area contributed by atoms with E-state index in [1.165, 1.54) is 61.6 Å². The summed E-state index contributed by atoms with van der Waals surface area (Å²) in [4.78, 5) is 2.66. The molecule has 2 atom stereocenters. The minimum absolute atomic E-state index is 0.862. The van der Waals surface area contributed by atoms with Crippen molar-refractivity contribution in [2.75, 3.05) is 25.9 Å². The maximum absolute atomic E-state index is 4.45. The van der Waals surface area contributed by atoms with E-state index in [4.69, 9.17) is 0 Å². The van der Waals surface area contributed by atoms with E-state index in [2.05, 4.69) is 28.3 Å². The SMILES string of the molecule is CCCN1CC[C@@H]2Cc3[nH]nc(SC)c3C[C@H]2C1. The van der Waals surface area contributed by atoms with Crippen LogP contribution in [0.2, 0.25) is 0 Å². The summed E-state index contributed by atoms with van der Waals surface area (Å²) in [6, 6.07) is 0. The van der Waals surface area contributed by atoms with Crippen LogP contribution in [0.5, 0.6) is 0 Å². The zero-order valence-electron chi connectivity index (χ0n) is 11.4. The number of likely N-dealkylation sites (tertiary alicyclic amines) is 1. The molecule has 4 heteroatoms. The van der Waals surface area contributed by atoms with Crippen LogP contribution in [-0.2, 0) is 12.8 Å². The predicted octanol–water partition coefficient (Wildman–Crippen LogP) is 2.58. The molecule has 1 fully saturated rings. The molecular formula is C14H23N3S. The molecular weight excluding hydrogens is 242 g/mol. The predicted molar refractivity (Wildman–Crippen MR) is 76.1 cm³/mol. The first kappa shape index (κ1) is 12.5. The zero-order valence-corrected chi connectivity index (χ0v) is 12.2. The van der Waals surface area contributed by atoms with Crippen LogP contribution in [-0.4, -0.2) is 41.0 Å². The van der Waals surface area contributed by atoms with Crippen molar-refractivity contribution in [2.24, 2.45) is 11.8 Å². The van der Waals surface area contributed by atoms with Gasteiger partial charge in [0.1, 0.15) is 5.03 Å². The van der Waals surface area contributed by atoms with Crippen molar-refractivity contribution in [1.29, 1.82) is 0 Å². The average Bonchev–Trinajstić information content (AvgIpc) is 2.78. The number of aromatic amines is 1. The van der Waals surface area contributed by atoms with Crippen molar-refractivity contribution < 1.29 is 0 Å². The van der Waals surface area contributed by atoms with Crippen molar-refractivity contribution in [3.8, 4) is 0 Å². The molecule has 1 aliphatic heterocycles. The summed E-state index contributed by atoms with van der Waals surface area (Å²) in [5.41, 5.74) is 2.94. The number of thioether (sulfide) groups is 1. The first-order chi connectivity index (χ1) is 8.81. The van der Waals surface area contributed by atoms with Gasteiger partial charge in [0, 0.05) is 17.8 Å². The van der Waals surface area contributed by atoms with Crippen LogP contribution in [0.25, 0.3) is 0 Å². The Balaban J connectivity index is 1.75. The molecule has 0 saturated carbocycles. The molecule has 0 radical (unpaired) electrons. The maximum atomic E-state index is 4.45. The molecule has 1 aliphatic carbocycles. The molecule has 18 heavy (non-hydrogen) atoms. The molecule has 2 heterocycles. The summed E-state index contributed by atoms with van der Waals surface area (Å²) in [5, 5.41) is 8.95. The van der Waals surface area contributed by atoms with E-state index >= 15 is 0 Å². The Hall–Kier alpha value is -0.480. The molecule has 1 aromatic heterocycles. The molecule has 100 valence electrons. The van der Waals surface area contributed by atoms with E-state index in [1.807, 2.05) is 0 Å². The Labute approximate surface area is 114 Å². The highest BCUT2D eigenvalue weighted by atomic mass is 32.2. The van der Waals surface area contributed by atoms with Crippen LogP contribution in [0.1, 0.15) is 31.0 Å². The number of nitrogens with one attached hydrogen (secondary N) is 1. The van der Waals surface area contributed by atoms with Gasteiger partial charge in [0.25, 0.3) is 0 Å². The summed E-state index contributed by atoms with van der Waals surface area (Å²) >= 11 is 1.78. The van der Waals surface area contributed by atoms with Crippen molar-refractivity contribution in [3.05, 3.63) is 11.3 Å². The highest BCUT2D eigenvalue weighted by Gasteiger charge is 2.35. The number of rotatable bonds is 3. The van der Waals surface area contributed by atoms with Crippen molar-refractivity contribution in [2.45, 2.75) is 37.6 Å². The van der Waals surface area contributed by atoms with Gasteiger partial charge in [0.05, 0.1) is 0 Å². The number of fused-ring (bicyclic) bond motifs is 2. The zero-order chi connectivity index (χ0) is 12.5. The fourth-order valence-electron chi connectivity index (χ4n) is 3.63. The van der Waals surface area contributed by atoms with E-state index < -0.39 is 0 Å². The molecule has 3 nitrogen and oxygen atoms in total. The van der Waals surface area contributed by atoms with Crippen molar-refractivity contribution in [3.63, 3.8) is 0 Å². The van der Waals surface area contributed by atoms with Gasteiger partial charge in [-0.2, -0.15) is 5.10 Å². The largest absolute Gasteiger partial charge is 0.303 e. The lowest BCUT2D eigenvalue weighted by molar-refractivity contribution is 0.111. The monoisotopic (exact) mass is 265 g/mol. The molecule has 2 aliphatic rings. The summed E-state index contributed by atoms with van der Waals surface area (Å²) in [5.74, 6) is 1.75. The van der Waals surface area contributed by atoms with Crippen LogP contribution in [0.4, 0.5) is 0 Å². The van der Waals surface area contributed by atoms with E-state index in [-0.39, 0.29) is 0 Å². The van der Waals surface area contributed by atoms with Crippen molar-refractivity contribution >= 4 is 11.8 Å². The average molecular weight is 265 g/mol. The quantitative estimate of drug-likeness (QED) is 0.853. The van der Waals surface area contributed by atoms with E-state index in [0.717, 1.165) is 11.8 Å². The van der Waals surface area contributed by atoms with E-state index in [9.17, 15) is 0 Å². The third-order valence-corrected chi connectivity index (χ3v) is 5.28. The van der Waals surface area contributed by atoms with Gasteiger partial charge in [0.2, 0.25) is 0 Å². The topological polar surface area (TPSA) is 31.9 Å². The second kappa shape index (κ2) is 5.25. The molecule has 0 aromatic carbocycles. The lowest BCUT2D eigenvalue weighted by Crippen LogP contribution is -2.44.